The first-order valence-corrected chi connectivity index (χ1v) is 12.5. The maximum atomic E-state index is 2.51. The van der Waals surface area contributed by atoms with Crippen molar-refractivity contribution in [3.8, 4) is 22.3 Å². The Morgan fingerprint density at radius 1 is 0.611 bits per heavy atom. The molecule has 0 saturated carbocycles. The Labute approximate surface area is 214 Å². The lowest BCUT2D eigenvalue weighted by atomic mass is 9.60. The average molecular weight is 466 g/mol. The van der Waals surface area contributed by atoms with E-state index in [0.717, 1.165) is 0 Å². The van der Waals surface area contributed by atoms with Gasteiger partial charge in [0.2, 0.25) is 0 Å². The predicted octanol–water partition coefficient (Wildman–Crippen LogP) is 6.14. The monoisotopic (exact) mass is 466 g/mol. The van der Waals surface area contributed by atoms with Gasteiger partial charge in [0.1, 0.15) is 11.4 Å². The van der Waals surface area contributed by atoms with Crippen LogP contribution in [0.3, 0.4) is 0 Å². The SMILES string of the molecule is Cc1ccccc1N1B(c2c(-c3ccccc3)cccc2-c2ccccc2)N(C)c2ccc[n+](C)c21. The van der Waals surface area contributed by atoms with Crippen molar-refractivity contribution in [1.29, 1.82) is 0 Å². The fourth-order valence-electron chi connectivity index (χ4n) is 5.56. The minimum atomic E-state index is -0.0266. The van der Waals surface area contributed by atoms with Crippen LogP contribution in [0.15, 0.2) is 121 Å². The molecule has 0 aliphatic carbocycles. The molecule has 6 rings (SSSR count). The molecule has 0 atom stereocenters. The van der Waals surface area contributed by atoms with Gasteiger partial charge in [-0.15, -0.1) is 0 Å². The molecule has 1 aromatic heterocycles. The van der Waals surface area contributed by atoms with Crippen LogP contribution in [0.4, 0.5) is 17.2 Å². The van der Waals surface area contributed by atoms with E-state index in [1.54, 1.807) is 0 Å². The van der Waals surface area contributed by atoms with Crippen molar-refractivity contribution in [2.24, 2.45) is 7.05 Å². The predicted molar refractivity (Wildman–Crippen MR) is 152 cm³/mol. The molecule has 0 bridgehead atoms. The van der Waals surface area contributed by atoms with Crippen molar-refractivity contribution in [1.82, 2.24) is 0 Å². The topological polar surface area (TPSA) is 10.4 Å². The number of hydrogen-bond donors (Lipinski definition) is 0. The second-order valence-corrected chi connectivity index (χ2v) is 9.47. The van der Waals surface area contributed by atoms with Crippen molar-refractivity contribution in [3.63, 3.8) is 0 Å². The van der Waals surface area contributed by atoms with Gasteiger partial charge in [-0.25, -0.2) is 4.57 Å². The number of benzene rings is 4. The van der Waals surface area contributed by atoms with E-state index in [1.165, 1.54) is 50.5 Å². The Bertz CT molecular complexity index is 1470. The van der Waals surface area contributed by atoms with E-state index in [4.69, 9.17) is 0 Å². The number of fused-ring (bicyclic) bond motifs is 1. The van der Waals surface area contributed by atoms with E-state index in [2.05, 4.69) is 157 Å². The summed E-state index contributed by atoms with van der Waals surface area (Å²) in [5.41, 5.74) is 9.95. The summed E-state index contributed by atoms with van der Waals surface area (Å²) in [5, 5.41) is 0. The minimum Gasteiger partial charge on any atom is -0.366 e. The molecular formula is C32H29BN3+. The zero-order valence-electron chi connectivity index (χ0n) is 21.0. The summed E-state index contributed by atoms with van der Waals surface area (Å²) in [6.45, 7) is 2.18. The van der Waals surface area contributed by atoms with Gasteiger partial charge in [-0.2, -0.15) is 0 Å². The molecule has 3 nitrogen and oxygen atoms in total. The molecule has 5 aromatic rings. The molecule has 4 heteroatoms. The molecular weight excluding hydrogens is 437 g/mol. The lowest BCUT2D eigenvalue weighted by molar-refractivity contribution is -0.657. The maximum Gasteiger partial charge on any atom is 0.538 e. The summed E-state index contributed by atoms with van der Waals surface area (Å²) in [7, 11) is 4.36. The van der Waals surface area contributed by atoms with Gasteiger partial charge in [0, 0.05) is 5.46 Å². The third-order valence-corrected chi connectivity index (χ3v) is 7.26. The molecule has 0 amide bonds. The molecule has 1 aliphatic heterocycles. The lowest BCUT2D eigenvalue weighted by Crippen LogP contribution is -2.56. The standard InChI is InChI=1S/C32H29BN3/c1-24-14-10-11-21-29(24)36-32-30(22-13-23-34(32)2)35(3)33(36)31-27(25-15-6-4-7-16-25)19-12-20-28(31)26-17-8-5-9-18-26/h4-23H,1-3H3/q+1. The first kappa shape index (κ1) is 22.2. The molecule has 4 aromatic carbocycles. The Balaban J connectivity index is 1.69. The van der Waals surface area contributed by atoms with Crippen LogP contribution in [0.5, 0.6) is 0 Å². The highest BCUT2D eigenvalue weighted by Gasteiger charge is 2.52. The van der Waals surface area contributed by atoms with E-state index < -0.39 is 0 Å². The summed E-state index contributed by atoms with van der Waals surface area (Å²) in [4.78, 5) is 4.94. The van der Waals surface area contributed by atoms with Crippen LogP contribution in [0, 0.1) is 6.92 Å². The molecule has 0 radical (unpaired) electrons. The Morgan fingerprint density at radius 3 is 1.78 bits per heavy atom. The van der Waals surface area contributed by atoms with Gasteiger partial charge in [-0.3, -0.25) is 4.81 Å². The van der Waals surface area contributed by atoms with E-state index in [0.29, 0.717) is 0 Å². The Morgan fingerprint density at radius 2 is 1.17 bits per heavy atom. The molecule has 36 heavy (non-hydrogen) atoms. The van der Waals surface area contributed by atoms with Gasteiger partial charge < -0.3 is 4.81 Å². The molecule has 0 saturated heterocycles. The second kappa shape index (κ2) is 9.05. The zero-order valence-corrected chi connectivity index (χ0v) is 21.0. The van der Waals surface area contributed by atoms with Crippen LogP contribution in [-0.2, 0) is 7.05 Å². The highest BCUT2D eigenvalue weighted by Crippen LogP contribution is 2.42. The van der Waals surface area contributed by atoms with E-state index in [1.807, 2.05) is 0 Å². The molecule has 0 fully saturated rings. The third kappa shape index (κ3) is 3.58. The van der Waals surface area contributed by atoms with E-state index in [-0.39, 0.29) is 6.98 Å². The van der Waals surface area contributed by atoms with Crippen LogP contribution >= 0.6 is 0 Å². The number of rotatable bonds is 4. The van der Waals surface area contributed by atoms with Crippen LogP contribution in [0.2, 0.25) is 0 Å². The smallest absolute Gasteiger partial charge is 0.366 e. The fraction of sp³-hybridized carbons (Fsp3) is 0.0938. The van der Waals surface area contributed by atoms with E-state index in [9.17, 15) is 0 Å². The van der Waals surface area contributed by atoms with Crippen LogP contribution in [0.1, 0.15) is 5.56 Å². The van der Waals surface area contributed by atoms with Gasteiger partial charge in [-0.1, -0.05) is 97.1 Å². The molecule has 0 unspecified atom stereocenters. The quantitative estimate of drug-likeness (QED) is 0.233. The number of anilines is 3. The molecule has 174 valence electrons. The second-order valence-electron chi connectivity index (χ2n) is 9.47. The largest absolute Gasteiger partial charge is 0.538 e. The number of hydrogen-bond acceptors (Lipinski definition) is 2. The third-order valence-electron chi connectivity index (χ3n) is 7.26. The van der Waals surface area contributed by atoms with E-state index >= 15 is 0 Å². The summed E-state index contributed by atoms with van der Waals surface area (Å²) in [5.74, 6) is 1.20. The maximum absolute atomic E-state index is 2.51. The summed E-state index contributed by atoms with van der Waals surface area (Å²) < 4.78 is 2.24. The zero-order chi connectivity index (χ0) is 24.6. The Kier molecular flexibility index (Phi) is 5.57. The van der Waals surface area contributed by atoms with Gasteiger partial charge in [0.25, 0.3) is 5.82 Å². The van der Waals surface area contributed by atoms with Crippen LogP contribution < -0.4 is 19.7 Å². The number of nitrogens with zero attached hydrogens (tertiary/aromatic N) is 3. The minimum absolute atomic E-state index is 0.0266. The first-order chi connectivity index (χ1) is 17.6. The first-order valence-electron chi connectivity index (χ1n) is 12.5. The number of aromatic nitrogens is 1. The molecule has 2 heterocycles. The van der Waals surface area contributed by atoms with Crippen molar-refractivity contribution < 1.29 is 4.57 Å². The van der Waals surface area contributed by atoms with Gasteiger partial charge in [0.05, 0.1) is 13.2 Å². The summed E-state index contributed by atoms with van der Waals surface area (Å²) in [6, 6.07) is 41.3. The highest BCUT2D eigenvalue weighted by molar-refractivity contribution is 6.85. The van der Waals surface area contributed by atoms with Gasteiger partial charge >= 0.3 is 6.98 Å². The van der Waals surface area contributed by atoms with Crippen molar-refractivity contribution in [2.75, 3.05) is 16.7 Å². The highest BCUT2D eigenvalue weighted by atomic mass is 15.3. The number of para-hydroxylation sites is 1. The molecule has 1 aliphatic rings. The van der Waals surface area contributed by atoms with Crippen LogP contribution in [-0.4, -0.2) is 14.0 Å². The van der Waals surface area contributed by atoms with Crippen LogP contribution in [0.25, 0.3) is 22.3 Å². The number of aryl methyl sites for hydroxylation is 2. The molecule has 0 N–H and O–H groups in total. The lowest BCUT2D eigenvalue weighted by Gasteiger charge is -2.26. The van der Waals surface area contributed by atoms with Crippen molar-refractivity contribution >= 4 is 29.6 Å². The van der Waals surface area contributed by atoms with Gasteiger partial charge in [-0.05, 0) is 60.0 Å². The molecule has 0 spiro atoms. The normalized spacial score (nSPS) is 12.7. The number of pyridine rings is 1. The Hall–Kier alpha value is -4.31. The fourth-order valence-corrected chi connectivity index (χ4v) is 5.56. The van der Waals surface area contributed by atoms with Gasteiger partial charge in [0.15, 0.2) is 0 Å². The average Bonchev–Trinajstić information content (AvgIpc) is 3.22. The van der Waals surface area contributed by atoms with Crippen molar-refractivity contribution in [2.45, 2.75) is 6.92 Å². The van der Waals surface area contributed by atoms with Crippen molar-refractivity contribution in [3.05, 3.63) is 127 Å². The summed E-state index contributed by atoms with van der Waals surface area (Å²) >= 11 is 0. The summed E-state index contributed by atoms with van der Waals surface area (Å²) in [6.07, 6.45) is 2.14.